The van der Waals surface area contributed by atoms with Gasteiger partial charge in [0.2, 0.25) is 0 Å². The molecule has 0 radical (unpaired) electrons. The van der Waals surface area contributed by atoms with Gasteiger partial charge in [0, 0.05) is 25.3 Å². The Hall–Kier alpha value is -2.43. The van der Waals surface area contributed by atoms with Gasteiger partial charge in [0.1, 0.15) is 11.6 Å². The molecule has 1 amide bonds. The standard InChI is InChI=1S/C15H14F2N2O/c1-19(9-10-3-2-4-12(18)7-10)15(20)13-6-5-11(16)8-14(13)17/h2-8H,9,18H2,1H3. The predicted octanol–water partition coefficient (Wildman–Crippen LogP) is 2.82. The Morgan fingerprint density at radius 3 is 2.60 bits per heavy atom. The van der Waals surface area contributed by atoms with Crippen LogP contribution in [0, 0.1) is 11.6 Å². The van der Waals surface area contributed by atoms with Crippen molar-refractivity contribution in [2.24, 2.45) is 0 Å². The van der Waals surface area contributed by atoms with Gasteiger partial charge in [0.05, 0.1) is 5.56 Å². The summed E-state index contributed by atoms with van der Waals surface area (Å²) in [5.41, 5.74) is 6.93. The third-order valence-electron chi connectivity index (χ3n) is 2.88. The van der Waals surface area contributed by atoms with Crippen molar-refractivity contribution < 1.29 is 13.6 Å². The monoisotopic (exact) mass is 276 g/mol. The first kappa shape index (κ1) is 14.0. The van der Waals surface area contributed by atoms with E-state index in [1.54, 1.807) is 25.2 Å². The lowest BCUT2D eigenvalue weighted by molar-refractivity contribution is 0.0780. The highest BCUT2D eigenvalue weighted by Gasteiger charge is 2.16. The smallest absolute Gasteiger partial charge is 0.256 e. The first-order chi connectivity index (χ1) is 9.47. The number of amides is 1. The molecule has 0 saturated heterocycles. The van der Waals surface area contributed by atoms with Crippen LogP contribution in [0.2, 0.25) is 0 Å². The second-order valence-electron chi connectivity index (χ2n) is 4.53. The van der Waals surface area contributed by atoms with Crippen molar-refractivity contribution >= 4 is 11.6 Å². The molecule has 0 bridgehead atoms. The Kier molecular flexibility index (Phi) is 3.98. The number of anilines is 1. The van der Waals surface area contributed by atoms with Gasteiger partial charge in [-0.25, -0.2) is 8.78 Å². The van der Waals surface area contributed by atoms with E-state index in [0.29, 0.717) is 18.3 Å². The van der Waals surface area contributed by atoms with E-state index in [-0.39, 0.29) is 5.56 Å². The predicted molar refractivity (Wildman–Crippen MR) is 73.0 cm³/mol. The van der Waals surface area contributed by atoms with Crippen LogP contribution in [-0.4, -0.2) is 17.9 Å². The molecule has 0 aliphatic carbocycles. The minimum absolute atomic E-state index is 0.155. The van der Waals surface area contributed by atoms with Crippen molar-refractivity contribution in [2.75, 3.05) is 12.8 Å². The van der Waals surface area contributed by atoms with Gasteiger partial charge in [-0.1, -0.05) is 12.1 Å². The molecule has 0 unspecified atom stereocenters. The summed E-state index contributed by atoms with van der Waals surface area (Å²) in [7, 11) is 1.55. The molecular weight excluding hydrogens is 262 g/mol. The van der Waals surface area contributed by atoms with Gasteiger partial charge in [-0.2, -0.15) is 0 Å². The molecule has 104 valence electrons. The molecule has 3 nitrogen and oxygen atoms in total. The maximum atomic E-state index is 13.6. The van der Waals surface area contributed by atoms with E-state index in [1.807, 2.05) is 6.07 Å². The number of nitrogen functional groups attached to an aromatic ring is 1. The van der Waals surface area contributed by atoms with Crippen molar-refractivity contribution in [2.45, 2.75) is 6.54 Å². The number of halogens is 2. The zero-order chi connectivity index (χ0) is 14.7. The maximum Gasteiger partial charge on any atom is 0.256 e. The molecule has 20 heavy (non-hydrogen) atoms. The molecule has 0 heterocycles. The molecule has 2 aromatic rings. The fourth-order valence-electron chi connectivity index (χ4n) is 1.91. The molecule has 2 aromatic carbocycles. The second-order valence-corrected chi connectivity index (χ2v) is 4.53. The van der Waals surface area contributed by atoms with Crippen LogP contribution in [0.4, 0.5) is 14.5 Å². The summed E-state index contributed by atoms with van der Waals surface area (Å²) in [5, 5.41) is 0. The van der Waals surface area contributed by atoms with Gasteiger partial charge >= 0.3 is 0 Å². The summed E-state index contributed by atoms with van der Waals surface area (Å²) < 4.78 is 26.4. The van der Waals surface area contributed by atoms with E-state index in [0.717, 1.165) is 17.7 Å². The van der Waals surface area contributed by atoms with Crippen LogP contribution in [-0.2, 0) is 6.54 Å². The highest BCUT2D eigenvalue weighted by atomic mass is 19.1. The minimum Gasteiger partial charge on any atom is -0.399 e. The molecule has 0 aliphatic rings. The maximum absolute atomic E-state index is 13.6. The van der Waals surface area contributed by atoms with E-state index in [1.165, 1.54) is 4.90 Å². The molecule has 0 aromatic heterocycles. The third kappa shape index (κ3) is 3.12. The van der Waals surface area contributed by atoms with E-state index < -0.39 is 17.5 Å². The topological polar surface area (TPSA) is 46.3 Å². The van der Waals surface area contributed by atoms with Crippen LogP contribution in [0.25, 0.3) is 0 Å². The summed E-state index contributed by atoms with van der Waals surface area (Å²) in [6.45, 7) is 0.292. The number of nitrogens with two attached hydrogens (primary N) is 1. The molecule has 0 aliphatic heterocycles. The van der Waals surface area contributed by atoms with Crippen LogP contribution in [0.5, 0.6) is 0 Å². The molecule has 0 fully saturated rings. The molecular formula is C15H14F2N2O. The number of nitrogens with zero attached hydrogens (tertiary/aromatic N) is 1. The number of benzene rings is 2. The number of hydrogen-bond acceptors (Lipinski definition) is 2. The van der Waals surface area contributed by atoms with Crippen molar-refractivity contribution in [1.29, 1.82) is 0 Å². The van der Waals surface area contributed by atoms with Gasteiger partial charge in [0.15, 0.2) is 0 Å². The van der Waals surface area contributed by atoms with E-state index in [2.05, 4.69) is 0 Å². The zero-order valence-electron chi connectivity index (χ0n) is 10.9. The van der Waals surface area contributed by atoms with Crippen LogP contribution >= 0.6 is 0 Å². The van der Waals surface area contributed by atoms with Gasteiger partial charge in [-0.05, 0) is 29.8 Å². The average molecular weight is 276 g/mol. The Bertz CT molecular complexity index is 644. The van der Waals surface area contributed by atoms with E-state index in [9.17, 15) is 13.6 Å². The summed E-state index contributed by atoms with van der Waals surface area (Å²) in [6.07, 6.45) is 0. The fraction of sp³-hybridized carbons (Fsp3) is 0.133. The molecule has 2 N–H and O–H groups in total. The lowest BCUT2D eigenvalue weighted by Gasteiger charge is -2.18. The molecule has 2 rings (SSSR count). The molecule has 0 saturated carbocycles. The highest BCUT2D eigenvalue weighted by molar-refractivity contribution is 5.94. The van der Waals surface area contributed by atoms with Gasteiger partial charge in [-0.15, -0.1) is 0 Å². The normalized spacial score (nSPS) is 10.3. The molecule has 0 atom stereocenters. The summed E-state index contributed by atoms with van der Waals surface area (Å²) >= 11 is 0. The summed E-state index contributed by atoms with van der Waals surface area (Å²) in [5.74, 6) is -2.09. The van der Waals surface area contributed by atoms with E-state index in [4.69, 9.17) is 5.73 Å². The fourth-order valence-corrected chi connectivity index (χ4v) is 1.91. The molecule has 0 spiro atoms. The van der Waals surface area contributed by atoms with Crippen LogP contribution in [0.1, 0.15) is 15.9 Å². The second kappa shape index (κ2) is 5.69. The van der Waals surface area contributed by atoms with Crippen molar-refractivity contribution in [3.63, 3.8) is 0 Å². The van der Waals surface area contributed by atoms with E-state index >= 15 is 0 Å². The van der Waals surface area contributed by atoms with Gasteiger partial charge in [-0.3, -0.25) is 4.79 Å². The first-order valence-electron chi connectivity index (χ1n) is 6.02. The van der Waals surface area contributed by atoms with Gasteiger partial charge in [0.25, 0.3) is 5.91 Å². The zero-order valence-corrected chi connectivity index (χ0v) is 10.9. The molecule has 5 heteroatoms. The SMILES string of the molecule is CN(Cc1cccc(N)c1)C(=O)c1ccc(F)cc1F. The first-order valence-corrected chi connectivity index (χ1v) is 6.02. The largest absolute Gasteiger partial charge is 0.399 e. The number of rotatable bonds is 3. The Balaban J connectivity index is 2.16. The number of hydrogen-bond donors (Lipinski definition) is 1. The minimum atomic E-state index is -0.866. The van der Waals surface area contributed by atoms with Crippen LogP contribution in [0.3, 0.4) is 0 Å². The number of carbonyl (C=O) groups excluding carboxylic acids is 1. The highest BCUT2D eigenvalue weighted by Crippen LogP contribution is 2.14. The van der Waals surface area contributed by atoms with Crippen molar-refractivity contribution in [3.05, 3.63) is 65.2 Å². The summed E-state index contributed by atoms with van der Waals surface area (Å²) in [6, 6.07) is 9.98. The van der Waals surface area contributed by atoms with Gasteiger partial charge < -0.3 is 10.6 Å². The van der Waals surface area contributed by atoms with Crippen molar-refractivity contribution in [1.82, 2.24) is 4.90 Å². The van der Waals surface area contributed by atoms with Crippen molar-refractivity contribution in [3.8, 4) is 0 Å². The average Bonchev–Trinajstić information content (AvgIpc) is 2.38. The van der Waals surface area contributed by atoms with Crippen LogP contribution < -0.4 is 5.73 Å². The Morgan fingerprint density at radius 2 is 1.95 bits per heavy atom. The Morgan fingerprint density at radius 1 is 1.20 bits per heavy atom. The summed E-state index contributed by atoms with van der Waals surface area (Å²) in [4.78, 5) is 13.5. The lowest BCUT2D eigenvalue weighted by atomic mass is 10.1. The lowest BCUT2D eigenvalue weighted by Crippen LogP contribution is -2.27. The quantitative estimate of drug-likeness (QED) is 0.876. The Labute approximate surface area is 115 Å². The third-order valence-corrected chi connectivity index (χ3v) is 2.88. The number of carbonyl (C=O) groups is 1. The van der Waals surface area contributed by atoms with Crippen LogP contribution in [0.15, 0.2) is 42.5 Å².